The standard InChI is InChI=1S/C20H17ClN4O3/c1-12-16(21)7-4-8-17(12)25-20-22-10-14(11-23-20)18(26)24-15-6-3-5-13(9-15)19(27)28-2/h3-11H,1-2H3,(H,24,26)(H,22,23,25). The van der Waals surface area contributed by atoms with Crippen molar-refractivity contribution in [3.05, 3.63) is 76.6 Å². The number of carbonyl (C=O) groups is 2. The molecular formula is C20H17ClN4O3. The minimum atomic E-state index is -0.480. The monoisotopic (exact) mass is 396 g/mol. The summed E-state index contributed by atoms with van der Waals surface area (Å²) in [4.78, 5) is 32.3. The molecule has 0 radical (unpaired) electrons. The summed E-state index contributed by atoms with van der Waals surface area (Å²) in [6, 6.07) is 11.9. The van der Waals surface area contributed by atoms with E-state index in [1.54, 1.807) is 24.3 Å². The van der Waals surface area contributed by atoms with Crippen molar-refractivity contribution in [2.75, 3.05) is 17.7 Å². The van der Waals surface area contributed by atoms with Crippen LogP contribution in [0, 0.1) is 6.92 Å². The van der Waals surface area contributed by atoms with Crippen LogP contribution in [-0.2, 0) is 4.74 Å². The number of esters is 1. The van der Waals surface area contributed by atoms with E-state index in [2.05, 4.69) is 25.3 Å². The van der Waals surface area contributed by atoms with Crippen LogP contribution in [0.5, 0.6) is 0 Å². The zero-order valence-electron chi connectivity index (χ0n) is 15.2. The van der Waals surface area contributed by atoms with Crippen LogP contribution in [0.4, 0.5) is 17.3 Å². The second-order valence-electron chi connectivity index (χ2n) is 5.86. The quantitative estimate of drug-likeness (QED) is 0.627. The molecular weight excluding hydrogens is 380 g/mol. The van der Waals surface area contributed by atoms with E-state index < -0.39 is 11.9 Å². The van der Waals surface area contributed by atoms with Crippen molar-refractivity contribution in [2.45, 2.75) is 6.92 Å². The van der Waals surface area contributed by atoms with E-state index in [1.807, 2.05) is 19.1 Å². The maximum Gasteiger partial charge on any atom is 0.337 e. The van der Waals surface area contributed by atoms with Gasteiger partial charge in [0.15, 0.2) is 0 Å². The van der Waals surface area contributed by atoms with Crippen LogP contribution in [-0.4, -0.2) is 29.0 Å². The van der Waals surface area contributed by atoms with Gasteiger partial charge in [0.1, 0.15) is 0 Å². The Bertz CT molecular complexity index is 1020. The normalized spacial score (nSPS) is 10.2. The van der Waals surface area contributed by atoms with Crippen molar-refractivity contribution in [3.8, 4) is 0 Å². The fraction of sp³-hybridized carbons (Fsp3) is 0.100. The van der Waals surface area contributed by atoms with Gasteiger partial charge in [0, 0.05) is 28.8 Å². The Kier molecular flexibility index (Phi) is 5.86. The van der Waals surface area contributed by atoms with E-state index in [1.165, 1.54) is 25.6 Å². The maximum absolute atomic E-state index is 12.4. The Morgan fingerprint density at radius 3 is 2.46 bits per heavy atom. The molecule has 0 aliphatic heterocycles. The van der Waals surface area contributed by atoms with E-state index in [0.717, 1.165) is 11.3 Å². The van der Waals surface area contributed by atoms with E-state index >= 15 is 0 Å². The van der Waals surface area contributed by atoms with Crippen molar-refractivity contribution >= 4 is 40.8 Å². The van der Waals surface area contributed by atoms with Crippen LogP contribution < -0.4 is 10.6 Å². The van der Waals surface area contributed by atoms with Crippen LogP contribution in [0.1, 0.15) is 26.3 Å². The summed E-state index contributed by atoms with van der Waals surface area (Å²) in [6.07, 6.45) is 2.82. The summed E-state index contributed by atoms with van der Waals surface area (Å²) >= 11 is 6.10. The molecule has 3 aromatic rings. The Morgan fingerprint density at radius 1 is 1.04 bits per heavy atom. The minimum absolute atomic E-state index is 0.275. The summed E-state index contributed by atoms with van der Waals surface area (Å²) in [6.45, 7) is 1.88. The van der Waals surface area contributed by atoms with Crippen LogP contribution in [0.2, 0.25) is 5.02 Å². The average Bonchev–Trinajstić information content (AvgIpc) is 2.71. The molecule has 0 fully saturated rings. The molecule has 28 heavy (non-hydrogen) atoms. The molecule has 3 rings (SSSR count). The molecule has 0 aliphatic rings. The lowest BCUT2D eigenvalue weighted by Crippen LogP contribution is -2.13. The number of rotatable bonds is 5. The zero-order valence-corrected chi connectivity index (χ0v) is 15.9. The highest BCUT2D eigenvalue weighted by molar-refractivity contribution is 6.31. The van der Waals surface area contributed by atoms with Crippen molar-refractivity contribution in [2.24, 2.45) is 0 Å². The van der Waals surface area contributed by atoms with E-state index in [0.29, 0.717) is 22.2 Å². The third-order valence-corrected chi connectivity index (χ3v) is 4.38. The summed E-state index contributed by atoms with van der Waals surface area (Å²) < 4.78 is 4.67. The second kappa shape index (κ2) is 8.49. The number of nitrogens with zero attached hydrogens (tertiary/aromatic N) is 2. The molecule has 1 amide bonds. The fourth-order valence-electron chi connectivity index (χ4n) is 2.42. The lowest BCUT2D eigenvalue weighted by atomic mass is 10.2. The lowest BCUT2D eigenvalue weighted by molar-refractivity contribution is 0.0600. The van der Waals surface area contributed by atoms with Crippen molar-refractivity contribution in [1.29, 1.82) is 0 Å². The molecule has 7 nitrogen and oxygen atoms in total. The summed E-state index contributed by atoms with van der Waals surface area (Å²) in [5.41, 5.74) is 2.74. The molecule has 0 saturated carbocycles. The van der Waals surface area contributed by atoms with Gasteiger partial charge in [0.05, 0.1) is 18.2 Å². The number of benzene rings is 2. The number of amides is 1. The predicted molar refractivity (Wildman–Crippen MR) is 107 cm³/mol. The Hall–Kier alpha value is -3.45. The number of carbonyl (C=O) groups excluding carboxylic acids is 2. The van der Waals surface area contributed by atoms with Gasteiger partial charge in [0.25, 0.3) is 5.91 Å². The van der Waals surface area contributed by atoms with Crippen LogP contribution >= 0.6 is 11.6 Å². The van der Waals surface area contributed by atoms with Crippen LogP contribution in [0.15, 0.2) is 54.9 Å². The Labute approximate surface area is 166 Å². The number of hydrogen-bond donors (Lipinski definition) is 2. The molecule has 0 spiro atoms. The number of ether oxygens (including phenoxy) is 1. The largest absolute Gasteiger partial charge is 0.465 e. The zero-order chi connectivity index (χ0) is 20.1. The van der Waals surface area contributed by atoms with E-state index in [4.69, 9.17) is 11.6 Å². The third-order valence-electron chi connectivity index (χ3n) is 3.97. The van der Waals surface area contributed by atoms with Gasteiger partial charge < -0.3 is 15.4 Å². The first kappa shape index (κ1) is 19.3. The summed E-state index contributed by atoms with van der Waals surface area (Å²) in [7, 11) is 1.30. The first-order chi connectivity index (χ1) is 13.5. The van der Waals surface area contributed by atoms with Crippen LogP contribution in [0.3, 0.4) is 0 Å². The molecule has 1 aromatic heterocycles. The number of aromatic nitrogens is 2. The highest BCUT2D eigenvalue weighted by atomic mass is 35.5. The molecule has 2 aromatic carbocycles. The molecule has 0 atom stereocenters. The molecule has 1 heterocycles. The first-order valence-electron chi connectivity index (χ1n) is 8.32. The van der Waals surface area contributed by atoms with E-state index in [-0.39, 0.29) is 5.56 Å². The van der Waals surface area contributed by atoms with Gasteiger partial charge in [-0.05, 0) is 42.8 Å². The Morgan fingerprint density at radius 2 is 1.75 bits per heavy atom. The fourth-order valence-corrected chi connectivity index (χ4v) is 2.59. The van der Waals surface area contributed by atoms with Gasteiger partial charge in [-0.2, -0.15) is 0 Å². The maximum atomic E-state index is 12.4. The van der Waals surface area contributed by atoms with Crippen molar-refractivity contribution in [3.63, 3.8) is 0 Å². The van der Waals surface area contributed by atoms with Crippen molar-refractivity contribution < 1.29 is 14.3 Å². The molecule has 2 N–H and O–H groups in total. The topological polar surface area (TPSA) is 93.2 Å². The van der Waals surface area contributed by atoms with Crippen molar-refractivity contribution in [1.82, 2.24) is 9.97 Å². The van der Waals surface area contributed by atoms with Gasteiger partial charge in [-0.1, -0.05) is 23.7 Å². The number of anilines is 3. The molecule has 0 unspecified atom stereocenters. The number of nitrogens with one attached hydrogen (secondary N) is 2. The van der Waals surface area contributed by atoms with Gasteiger partial charge in [-0.3, -0.25) is 4.79 Å². The number of methoxy groups -OCH3 is 1. The highest BCUT2D eigenvalue weighted by Gasteiger charge is 2.11. The lowest BCUT2D eigenvalue weighted by Gasteiger charge is -2.10. The average molecular weight is 397 g/mol. The molecule has 0 saturated heterocycles. The van der Waals surface area contributed by atoms with Gasteiger partial charge in [0.2, 0.25) is 5.95 Å². The predicted octanol–water partition coefficient (Wildman–Crippen LogP) is 4.22. The summed E-state index contributed by atoms with van der Waals surface area (Å²) in [5.74, 6) is -0.534. The SMILES string of the molecule is COC(=O)c1cccc(NC(=O)c2cnc(Nc3cccc(Cl)c3C)nc2)c1. The smallest absolute Gasteiger partial charge is 0.337 e. The van der Waals surface area contributed by atoms with E-state index in [9.17, 15) is 9.59 Å². The molecule has 0 bridgehead atoms. The second-order valence-corrected chi connectivity index (χ2v) is 6.27. The first-order valence-corrected chi connectivity index (χ1v) is 8.69. The number of hydrogen-bond acceptors (Lipinski definition) is 6. The number of halogens is 1. The summed E-state index contributed by atoms with van der Waals surface area (Å²) in [5, 5.41) is 6.40. The minimum Gasteiger partial charge on any atom is -0.465 e. The van der Waals surface area contributed by atoms with Gasteiger partial charge in [-0.15, -0.1) is 0 Å². The molecule has 0 aliphatic carbocycles. The molecule has 8 heteroatoms. The molecule has 142 valence electrons. The van der Waals surface area contributed by atoms with Gasteiger partial charge >= 0.3 is 5.97 Å². The van der Waals surface area contributed by atoms with Gasteiger partial charge in [-0.25, -0.2) is 14.8 Å². The van der Waals surface area contributed by atoms with Crippen LogP contribution in [0.25, 0.3) is 0 Å². The highest BCUT2D eigenvalue weighted by Crippen LogP contribution is 2.24. The third kappa shape index (κ3) is 4.44. The Balaban J connectivity index is 1.70.